The molecule has 3 rings (SSSR count). The topological polar surface area (TPSA) is 32.3 Å². The van der Waals surface area contributed by atoms with Crippen molar-refractivity contribution in [3.8, 4) is 0 Å². The van der Waals surface area contributed by atoms with E-state index < -0.39 is 0 Å². The molecular weight excluding hydrogens is 260 g/mol. The molecule has 0 bridgehead atoms. The third kappa shape index (κ3) is 3.13. The summed E-state index contributed by atoms with van der Waals surface area (Å²) in [4.78, 5) is 14.8. The molecule has 0 radical (unpaired) electrons. The lowest BCUT2D eigenvalue weighted by molar-refractivity contribution is -0.134. The van der Waals surface area contributed by atoms with Gasteiger partial charge in [0, 0.05) is 13.1 Å². The van der Waals surface area contributed by atoms with Crippen LogP contribution in [0.1, 0.15) is 31.7 Å². The molecule has 1 heterocycles. The number of amides is 1. The lowest BCUT2D eigenvalue weighted by Gasteiger charge is -2.27. The molecule has 1 aromatic rings. The van der Waals surface area contributed by atoms with Crippen LogP contribution < -0.4 is 5.32 Å². The Hall–Kier alpha value is -1.35. The summed E-state index contributed by atoms with van der Waals surface area (Å²) in [5.74, 6) is 1.65. The van der Waals surface area contributed by atoms with Gasteiger partial charge >= 0.3 is 0 Å². The summed E-state index contributed by atoms with van der Waals surface area (Å²) in [5, 5.41) is 3.48. The van der Waals surface area contributed by atoms with Crippen LogP contribution >= 0.6 is 0 Å². The van der Waals surface area contributed by atoms with Crippen molar-refractivity contribution in [1.82, 2.24) is 10.2 Å². The number of benzene rings is 1. The highest BCUT2D eigenvalue weighted by Gasteiger charge is 2.43. The summed E-state index contributed by atoms with van der Waals surface area (Å²) in [5.41, 5.74) is 1.31. The number of carbonyl (C=O) groups excluding carboxylic acids is 1. The number of fused-ring (bicyclic) bond motifs is 1. The van der Waals surface area contributed by atoms with Crippen LogP contribution in [-0.4, -0.2) is 36.5 Å². The molecule has 0 spiro atoms. The first-order chi connectivity index (χ1) is 10.3. The smallest absolute Gasteiger partial charge is 0.240 e. The second-order valence-corrected chi connectivity index (χ2v) is 6.39. The maximum atomic E-state index is 12.8. The van der Waals surface area contributed by atoms with Gasteiger partial charge in [-0.1, -0.05) is 36.8 Å². The van der Waals surface area contributed by atoms with Crippen molar-refractivity contribution in [3.63, 3.8) is 0 Å². The van der Waals surface area contributed by atoms with Gasteiger partial charge in [0.2, 0.25) is 5.91 Å². The number of hydrogen-bond acceptors (Lipinski definition) is 2. The molecule has 1 amide bonds. The normalized spacial score (nSPS) is 27.6. The zero-order valence-corrected chi connectivity index (χ0v) is 12.9. The number of rotatable bonds is 5. The van der Waals surface area contributed by atoms with Crippen LogP contribution in [0.5, 0.6) is 0 Å². The number of nitrogens with zero attached hydrogens (tertiary/aromatic N) is 1. The van der Waals surface area contributed by atoms with Gasteiger partial charge < -0.3 is 10.2 Å². The second kappa shape index (κ2) is 6.61. The minimum atomic E-state index is 0.0771. The van der Waals surface area contributed by atoms with Gasteiger partial charge in [-0.25, -0.2) is 0 Å². The van der Waals surface area contributed by atoms with Crippen molar-refractivity contribution in [2.24, 2.45) is 11.8 Å². The summed E-state index contributed by atoms with van der Waals surface area (Å²) < 4.78 is 0. The van der Waals surface area contributed by atoms with Crippen LogP contribution in [0.3, 0.4) is 0 Å². The summed E-state index contributed by atoms with van der Waals surface area (Å²) >= 11 is 0. The zero-order valence-electron chi connectivity index (χ0n) is 12.9. The Morgan fingerprint density at radius 3 is 2.86 bits per heavy atom. The van der Waals surface area contributed by atoms with Gasteiger partial charge in [0.25, 0.3) is 0 Å². The Labute approximate surface area is 127 Å². The predicted octanol–water partition coefficient (Wildman–Crippen LogP) is 2.47. The molecule has 1 aliphatic heterocycles. The molecule has 21 heavy (non-hydrogen) atoms. The highest BCUT2D eigenvalue weighted by molar-refractivity contribution is 5.82. The number of hydrogen-bond donors (Lipinski definition) is 1. The highest BCUT2D eigenvalue weighted by atomic mass is 16.2. The molecular formula is C18H26N2O. The van der Waals surface area contributed by atoms with E-state index >= 15 is 0 Å². The number of nitrogens with one attached hydrogen (secondary N) is 1. The first-order valence-corrected chi connectivity index (χ1v) is 8.35. The lowest BCUT2D eigenvalue weighted by atomic mass is 9.93. The van der Waals surface area contributed by atoms with Gasteiger partial charge in [-0.05, 0) is 50.1 Å². The van der Waals surface area contributed by atoms with Crippen LogP contribution in [0.4, 0.5) is 0 Å². The standard InChI is InChI=1S/C18H26N2O/c1-2-20(12-11-14-7-4-3-5-8-14)18(21)17-16-10-6-9-15(16)13-19-17/h3-5,7-8,15-17,19H,2,6,9-13H2,1H3. The van der Waals surface area contributed by atoms with E-state index in [2.05, 4.69) is 36.5 Å². The van der Waals surface area contributed by atoms with Crippen molar-refractivity contribution in [2.45, 2.75) is 38.6 Å². The third-order valence-electron chi connectivity index (χ3n) is 5.22. The van der Waals surface area contributed by atoms with Crippen molar-refractivity contribution in [2.75, 3.05) is 19.6 Å². The van der Waals surface area contributed by atoms with Crippen molar-refractivity contribution in [1.29, 1.82) is 0 Å². The second-order valence-electron chi connectivity index (χ2n) is 6.39. The molecule has 3 unspecified atom stereocenters. The van der Waals surface area contributed by atoms with Gasteiger partial charge in [-0.2, -0.15) is 0 Å². The molecule has 2 aliphatic rings. The number of carbonyl (C=O) groups is 1. The predicted molar refractivity (Wildman–Crippen MR) is 85.0 cm³/mol. The SMILES string of the molecule is CCN(CCc1ccccc1)C(=O)C1NCC2CCCC21. The maximum absolute atomic E-state index is 12.8. The fraction of sp³-hybridized carbons (Fsp3) is 0.611. The first kappa shape index (κ1) is 14.6. The minimum Gasteiger partial charge on any atom is -0.341 e. The van der Waals surface area contributed by atoms with Crippen LogP contribution in [0.15, 0.2) is 30.3 Å². The lowest BCUT2D eigenvalue weighted by Crippen LogP contribution is -2.47. The fourth-order valence-corrected chi connectivity index (χ4v) is 3.99. The third-order valence-corrected chi connectivity index (χ3v) is 5.22. The Morgan fingerprint density at radius 1 is 1.29 bits per heavy atom. The van der Waals surface area contributed by atoms with Gasteiger partial charge in [0.1, 0.15) is 0 Å². The van der Waals surface area contributed by atoms with E-state index in [1.807, 2.05) is 11.0 Å². The van der Waals surface area contributed by atoms with Gasteiger partial charge in [0.05, 0.1) is 6.04 Å². The fourth-order valence-electron chi connectivity index (χ4n) is 3.99. The minimum absolute atomic E-state index is 0.0771. The number of likely N-dealkylation sites (N-methyl/N-ethyl adjacent to an activating group) is 1. The Kier molecular flexibility index (Phi) is 4.59. The van der Waals surface area contributed by atoms with E-state index in [9.17, 15) is 4.79 Å². The van der Waals surface area contributed by atoms with E-state index in [-0.39, 0.29) is 6.04 Å². The Balaban J connectivity index is 1.59. The van der Waals surface area contributed by atoms with E-state index in [4.69, 9.17) is 0 Å². The van der Waals surface area contributed by atoms with Crippen molar-refractivity contribution < 1.29 is 4.79 Å². The van der Waals surface area contributed by atoms with Gasteiger partial charge in [-0.15, -0.1) is 0 Å². The van der Waals surface area contributed by atoms with Crippen molar-refractivity contribution in [3.05, 3.63) is 35.9 Å². The van der Waals surface area contributed by atoms with Crippen LogP contribution in [0.25, 0.3) is 0 Å². The van der Waals surface area contributed by atoms with Crippen LogP contribution in [-0.2, 0) is 11.2 Å². The molecule has 3 atom stereocenters. The van der Waals surface area contributed by atoms with Crippen molar-refractivity contribution >= 4 is 5.91 Å². The van der Waals surface area contributed by atoms with Gasteiger partial charge in [0.15, 0.2) is 0 Å². The molecule has 0 aromatic heterocycles. The molecule has 1 saturated carbocycles. The maximum Gasteiger partial charge on any atom is 0.240 e. The Bertz CT molecular complexity index is 473. The van der Waals surface area contributed by atoms with E-state index in [0.717, 1.165) is 32.0 Å². The highest BCUT2D eigenvalue weighted by Crippen LogP contribution is 2.38. The molecule has 1 N–H and O–H groups in total. The van der Waals surface area contributed by atoms with E-state index in [1.54, 1.807) is 0 Å². The van der Waals surface area contributed by atoms with E-state index in [1.165, 1.54) is 24.8 Å². The summed E-state index contributed by atoms with van der Waals surface area (Å²) in [6.45, 7) is 4.76. The zero-order chi connectivity index (χ0) is 14.7. The Morgan fingerprint density at radius 2 is 2.10 bits per heavy atom. The van der Waals surface area contributed by atoms with Gasteiger partial charge in [-0.3, -0.25) is 4.79 Å². The van der Waals surface area contributed by atoms with E-state index in [0.29, 0.717) is 11.8 Å². The largest absolute Gasteiger partial charge is 0.341 e. The first-order valence-electron chi connectivity index (χ1n) is 8.35. The van der Waals surface area contributed by atoms with Crippen LogP contribution in [0.2, 0.25) is 0 Å². The average Bonchev–Trinajstić information content (AvgIpc) is 3.11. The summed E-state index contributed by atoms with van der Waals surface area (Å²) in [7, 11) is 0. The average molecular weight is 286 g/mol. The molecule has 1 aliphatic carbocycles. The summed E-state index contributed by atoms with van der Waals surface area (Å²) in [6, 6.07) is 10.5. The quantitative estimate of drug-likeness (QED) is 0.902. The molecule has 2 fully saturated rings. The van der Waals surface area contributed by atoms with Crippen LogP contribution in [0, 0.1) is 11.8 Å². The molecule has 1 saturated heterocycles. The summed E-state index contributed by atoms with van der Waals surface area (Å²) in [6.07, 6.45) is 4.78. The molecule has 3 heteroatoms. The molecule has 114 valence electrons. The molecule has 3 nitrogen and oxygen atoms in total. The molecule has 1 aromatic carbocycles. The monoisotopic (exact) mass is 286 g/mol.